The van der Waals surface area contributed by atoms with Crippen LogP contribution < -0.4 is 15.9 Å². The number of nitrogens with zero attached hydrogens (tertiary/aromatic N) is 1. The Morgan fingerprint density at radius 3 is 1.71 bits per heavy atom. The molecule has 0 saturated carbocycles. The van der Waals surface area contributed by atoms with Gasteiger partial charge in [0.25, 0.3) is 0 Å². The van der Waals surface area contributed by atoms with Crippen molar-refractivity contribution < 1.29 is 34.5 Å². The number of carbonyl (C=O) groups excluding carboxylic acids is 1. The predicted molar refractivity (Wildman–Crippen MR) is 109 cm³/mol. The fourth-order valence-electron chi connectivity index (χ4n) is 3.17. The molecular formula is C22H42N2O3Zn. The van der Waals surface area contributed by atoms with Gasteiger partial charge in [0.15, 0.2) is 0 Å². The van der Waals surface area contributed by atoms with E-state index >= 15 is 0 Å². The molecule has 0 aliphatic heterocycles. The summed E-state index contributed by atoms with van der Waals surface area (Å²) in [6.45, 7) is 2.73. The second kappa shape index (κ2) is 22.8. The van der Waals surface area contributed by atoms with Gasteiger partial charge in [-0.25, -0.2) is 0 Å². The molecule has 0 saturated heterocycles. The van der Waals surface area contributed by atoms with E-state index in [1.165, 1.54) is 70.6 Å². The summed E-state index contributed by atoms with van der Waals surface area (Å²) < 4.78 is 0. The van der Waals surface area contributed by atoms with Crippen molar-refractivity contribution in [3.63, 3.8) is 0 Å². The summed E-state index contributed by atoms with van der Waals surface area (Å²) in [6, 6.07) is -0.911. The smallest absolute Gasteiger partial charge is 0.862 e. The molecule has 0 aromatic rings. The summed E-state index contributed by atoms with van der Waals surface area (Å²) in [5.41, 5.74) is 5.36. The molecule has 0 spiro atoms. The van der Waals surface area contributed by atoms with Crippen LogP contribution in [-0.4, -0.2) is 24.5 Å². The first-order valence-electron chi connectivity index (χ1n) is 11.2. The quantitative estimate of drug-likeness (QED) is 0.133. The maximum atomic E-state index is 11.7. The van der Waals surface area contributed by atoms with Gasteiger partial charge in [-0.1, -0.05) is 84.0 Å². The SMILES string of the molecule is CCCCCCCCCCCCCCCC([O-])=NCCCC[C@H](N)C(=O)[O-].[Zn+2]. The summed E-state index contributed by atoms with van der Waals surface area (Å²) in [5.74, 6) is -1.24. The second-order valence-electron chi connectivity index (χ2n) is 7.69. The monoisotopic (exact) mass is 446 g/mol. The van der Waals surface area contributed by atoms with Crippen LogP contribution in [0.25, 0.3) is 0 Å². The molecule has 0 rings (SSSR count). The molecule has 0 heterocycles. The zero-order valence-electron chi connectivity index (χ0n) is 18.3. The van der Waals surface area contributed by atoms with Crippen LogP contribution in [0.1, 0.15) is 116 Å². The van der Waals surface area contributed by atoms with Crippen molar-refractivity contribution >= 4 is 11.9 Å². The maximum absolute atomic E-state index is 11.7. The van der Waals surface area contributed by atoms with Gasteiger partial charge in [0.05, 0.1) is 5.97 Å². The van der Waals surface area contributed by atoms with Gasteiger partial charge >= 0.3 is 19.5 Å². The van der Waals surface area contributed by atoms with Crippen LogP contribution in [0, 0.1) is 0 Å². The molecule has 1 atom stereocenters. The summed E-state index contributed by atoms with van der Waals surface area (Å²) in [5, 5.41) is 22.1. The van der Waals surface area contributed by atoms with Crippen molar-refractivity contribution in [3.8, 4) is 0 Å². The Kier molecular flexibility index (Phi) is 24.2. The molecule has 160 valence electrons. The van der Waals surface area contributed by atoms with Crippen molar-refractivity contribution in [3.05, 3.63) is 0 Å². The Hall–Kier alpha value is -0.477. The standard InChI is InChI=1S/C22H44N2O3.Zn/c1-2-3-4-5-6-7-8-9-10-11-12-13-14-18-21(25)24-19-16-15-17-20(23)22(26)27;/h20H,2-19,23H2,1H3,(H,24,25)(H,26,27);/q;+2/p-2/t20-;/m0./s1. The Labute approximate surface area is 185 Å². The van der Waals surface area contributed by atoms with E-state index < -0.39 is 12.0 Å². The molecule has 5 nitrogen and oxygen atoms in total. The molecule has 0 aliphatic carbocycles. The molecule has 0 fully saturated rings. The van der Waals surface area contributed by atoms with Gasteiger partial charge < -0.3 is 25.7 Å². The average Bonchev–Trinajstić information content (AvgIpc) is 2.64. The van der Waals surface area contributed by atoms with Crippen LogP contribution >= 0.6 is 0 Å². The minimum atomic E-state index is -1.22. The van der Waals surface area contributed by atoms with E-state index in [1.807, 2.05) is 0 Å². The number of carbonyl (C=O) groups is 1. The van der Waals surface area contributed by atoms with E-state index in [9.17, 15) is 15.0 Å². The van der Waals surface area contributed by atoms with Gasteiger partial charge in [-0.2, -0.15) is 0 Å². The molecule has 0 aromatic carbocycles. The van der Waals surface area contributed by atoms with Gasteiger partial charge in [-0.15, -0.1) is 0 Å². The molecule has 0 aliphatic rings. The molecule has 0 amide bonds. The van der Waals surface area contributed by atoms with Gasteiger partial charge in [0.2, 0.25) is 0 Å². The first-order chi connectivity index (χ1) is 13.1. The third-order valence-electron chi connectivity index (χ3n) is 5.01. The molecule has 0 aromatic heterocycles. The Bertz CT molecular complexity index is 379. The molecule has 6 heteroatoms. The summed E-state index contributed by atoms with van der Waals surface area (Å²) in [6.07, 6.45) is 19.1. The van der Waals surface area contributed by atoms with Gasteiger partial charge in [0, 0.05) is 12.6 Å². The number of carboxylic acid groups (broad SMARTS) is 1. The fraction of sp³-hybridized carbons (Fsp3) is 0.909. The van der Waals surface area contributed by atoms with E-state index in [-0.39, 0.29) is 25.4 Å². The number of aliphatic carboxylic acids is 1. The largest absolute Gasteiger partial charge is 2.00 e. The summed E-state index contributed by atoms with van der Waals surface area (Å²) in [4.78, 5) is 14.5. The Morgan fingerprint density at radius 2 is 1.25 bits per heavy atom. The number of unbranched alkanes of at least 4 members (excludes halogenated alkanes) is 13. The third kappa shape index (κ3) is 21.8. The first kappa shape index (κ1) is 29.7. The van der Waals surface area contributed by atoms with E-state index in [0.717, 1.165) is 12.8 Å². The molecule has 0 radical (unpaired) electrons. The number of rotatable bonds is 20. The molecule has 0 unspecified atom stereocenters. The minimum Gasteiger partial charge on any atom is -0.862 e. The van der Waals surface area contributed by atoms with Crippen molar-refractivity contribution in [2.75, 3.05) is 6.54 Å². The molecule has 2 N–H and O–H groups in total. The van der Waals surface area contributed by atoms with Crippen molar-refractivity contribution in [2.24, 2.45) is 10.7 Å². The van der Waals surface area contributed by atoms with E-state index in [1.54, 1.807) is 0 Å². The van der Waals surface area contributed by atoms with Crippen LogP contribution in [0.3, 0.4) is 0 Å². The van der Waals surface area contributed by atoms with Gasteiger partial charge in [-0.05, 0) is 38.0 Å². The zero-order chi connectivity index (χ0) is 20.2. The number of aliphatic imine (C=N–C) groups is 1. The Balaban J connectivity index is 0. The number of carboxylic acids is 1. The third-order valence-corrected chi connectivity index (χ3v) is 5.01. The zero-order valence-corrected chi connectivity index (χ0v) is 21.2. The van der Waals surface area contributed by atoms with Gasteiger partial charge in [0.1, 0.15) is 0 Å². The molecular weight excluding hydrogens is 406 g/mol. The first-order valence-corrected chi connectivity index (χ1v) is 11.2. The summed E-state index contributed by atoms with van der Waals surface area (Å²) >= 11 is 0. The number of nitrogens with two attached hydrogens (primary N) is 1. The minimum absolute atomic E-state index is 0. The van der Waals surface area contributed by atoms with Crippen molar-refractivity contribution in [1.82, 2.24) is 0 Å². The Morgan fingerprint density at radius 1 is 0.786 bits per heavy atom. The van der Waals surface area contributed by atoms with Gasteiger partial charge in [-0.3, -0.25) is 0 Å². The van der Waals surface area contributed by atoms with Crippen LogP contribution in [0.4, 0.5) is 0 Å². The van der Waals surface area contributed by atoms with Crippen LogP contribution in [0.15, 0.2) is 4.99 Å². The van der Waals surface area contributed by atoms with Crippen molar-refractivity contribution in [2.45, 2.75) is 122 Å². The van der Waals surface area contributed by atoms with Crippen LogP contribution in [0.5, 0.6) is 0 Å². The number of hydrogen-bond donors (Lipinski definition) is 1. The molecule has 28 heavy (non-hydrogen) atoms. The van der Waals surface area contributed by atoms with Crippen LogP contribution in [0.2, 0.25) is 0 Å². The topological polar surface area (TPSA) is 102 Å². The summed E-state index contributed by atoms with van der Waals surface area (Å²) in [7, 11) is 0. The number of hydrogen-bond acceptors (Lipinski definition) is 5. The predicted octanol–water partition coefficient (Wildman–Crippen LogP) is 3.47. The van der Waals surface area contributed by atoms with Crippen LogP contribution in [-0.2, 0) is 24.3 Å². The van der Waals surface area contributed by atoms with Crippen molar-refractivity contribution in [1.29, 1.82) is 0 Å². The maximum Gasteiger partial charge on any atom is 2.00 e. The fourth-order valence-corrected chi connectivity index (χ4v) is 3.17. The van der Waals surface area contributed by atoms with E-state index in [2.05, 4.69) is 11.9 Å². The van der Waals surface area contributed by atoms with E-state index in [4.69, 9.17) is 5.73 Å². The normalized spacial score (nSPS) is 12.6. The molecule has 0 bridgehead atoms. The average molecular weight is 448 g/mol. The van der Waals surface area contributed by atoms with E-state index in [0.29, 0.717) is 32.2 Å². The second-order valence-corrected chi connectivity index (χ2v) is 7.69.